The summed E-state index contributed by atoms with van der Waals surface area (Å²) >= 11 is 0. The van der Waals surface area contributed by atoms with Crippen LogP contribution in [0, 0.1) is 10.1 Å². The van der Waals surface area contributed by atoms with Crippen LogP contribution in [0.3, 0.4) is 0 Å². The first-order chi connectivity index (χ1) is 15.0. The number of sulfone groups is 1. The van der Waals surface area contributed by atoms with Crippen molar-refractivity contribution in [3.63, 3.8) is 0 Å². The summed E-state index contributed by atoms with van der Waals surface area (Å²) in [5.41, 5.74) is 0.0840. The standard InChI is InChI=1S/C20H21N3O7S2/c1-31(27,28)19-14-17(13-18(15-19)23(25)26)20(24)21-8-10-22(11-9-21)32(29,30)12-7-16-5-3-2-4-6-16/h2-7,12-15H,8-11H2,1H3/b12-7+. The molecule has 2 aromatic rings. The van der Waals surface area contributed by atoms with Crippen molar-refractivity contribution >= 4 is 37.5 Å². The van der Waals surface area contributed by atoms with Crippen LogP contribution in [0.25, 0.3) is 6.08 Å². The van der Waals surface area contributed by atoms with Crippen LogP contribution in [0.1, 0.15) is 15.9 Å². The Bertz CT molecular complexity index is 1270. The molecule has 0 atom stereocenters. The maximum absolute atomic E-state index is 12.8. The molecule has 0 N–H and O–H groups in total. The van der Waals surface area contributed by atoms with E-state index in [2.05, 4.69) is 0 Å². The molecule has 1 heterocycles. The highest BCUT2D eigenvalue weighted by atomic mass is 32.2. The van der Waals surface area contributed by atoms with E-state index in [1.54, 1.807) is 24.3 Å². The van der Waals surface area contributed by atoms with E-state index in [1.807, 2.05) is 6.07 Å². The highest BCUT2D eigenvalue weighted by Gasteiger charge is 2.29. The quantitative estimate of drug-likeness (QED) is 0.455. The van der Waals surface area contributed by atoms with Crippen molar-refractivity contribution in [2.45, 2.75) is 4.90 Å². The summed E-state index contributed by atoms with van der Waals surface area (Å²) in [5.74, 6) is -0.601. The van der Waals surface area contributed by atoms with Gasteiger partial charge in [0.2, 0.25) is 10.0 Å². The van der Waals surface area contributed by atoms with Gasteiger partial charge in [0.25, 0.3) is 11.6 Å². The minimum absolute atomic E-state index is 0.0427. The van der Waals surface area contributed by atoms with Gasteiger partial charge in [0.05, 0.1) is 9.82 Å². The molecule has 0 aliphatic carbocycles. The number of carbonyl (C=O) groups excluding carboxylic acids is 1. The largest absolute Gasteiger partial charge is 0.336 e. The fraction of sp³-hybridized carbons (Fsp3) is 0.250. The molecule has 1 aliphatic heterocycles. The van der Waals surface area contributed by atoms with Crippen LogP contribution in [0.15, 0.2) is 58.8 Å². The van der Waals surface area contributed by atoms with Gasteiger partial charge in [0.1, 0.15) is 0 Å². The molecule has 170 valence electrons. The van der Waals surface area contributed by atoms with Crippen LogP contribution < -0.4 is 0 Å². The van der Waals surface area contributed by atoms with Crippen LogP contribution >= 0.6 is 0 Å². The number of piperazine rings is 1. The zero-order chi connectivity index (χ0) is 23.5. The number of benzene rings is 2. The number of carbonyl (C=O) groups is 1. The predicted molar refractivity (Wildman–Crippen MR) is 118 cm³/mol. The lowest BCUT2D eigenvalue weighted by Crippen LogP contribution is -2.50. The number of hydrogen-bond acceptors (Lipinski definition) is 7. The molecule has 0 spiro atoms. The van der Waals surface area contributed by atoms with Crippen molar-refractivity contribution in [2.75, 3.05) is 32.4 Å². The van der Waals surface area contributed by atoms with E-state index in [-0.39, 0.29) is 36.6 Å². The molecule has 1 amide bonds. The first-order valence-electron chi connectivity index (χ1n) is 9.49. The Hall–Kier alpha value is -3.09. The zero-order valence-corrected chi connectivity index (χ0v) is 18.8. The van der Waals surface area contributed by atoms with Gasteiger partial charge in [-0.3, -0.25) is 14.9 Å². The van der Waals surface area contributed by atoms with Gasteiger partial charge in [-0.2, -0.15) is 4.31 Å². The van der Waals surface area contributed by atoms with Crippen LogP contribution in [0.5, 0.6) is 0 Å². The van der Waals surface area contributed by atoms with Gasteiger partial charge in [0, 0.05) is 55.5 Å². The molecule has 0 aromatic heterocycles. The van der Waals surface area contributed by atoms with Crippen molar-refractivity contribution in [1.29, 1.82) is 0 Å². The summed E-state index contributed by atoms with van der Waals surface area (Å²) in [6, 6.07) is 12.0. The molecule has 1 aliphatic rings. The number of amides is 1. The first kappa shape index (κ1) is 23.6. The molecule has 0 bridgehead atoms. The number of nitrogens with zero attached hydrogens (tertiary/aromatic N) is 3. The summed E-state index contributed by atoms with van der Waals surface area (Å²) in [6.07, 6.45) is 2.38. The van der Waals surface area contributed by atoms with Gasteiger partial charge in [-0.15, -0.1) is 0 Å². The van der Waals surface area contributed by atoms with Crippen molar-refractivity contribution in [3.8, 4) is 0 Å². The Balaban J connectivity index is 1.74. The van der Waals surface area contributed by atoms with Gasteiger partial charge in [-0.25, -0.2) is 16.8 Å². The maximum atomic E-state index is 12.8. The average Bonchev–Trinajstić information content (AvgIpc) is 2.77. The third kappa shape index (κ3) is 5.58. The van der Waals surface area contributed by atoms with Gasteiger partial charge < -0.3 is 4.90 Å². The maximum Gasteiger partial charge on any atom is 0.271 e. The Morgan fingerprint density at radius 3 is 2.19 bits per heavy atom. The van der Waals surface area contributed by atoms with E-state index in [1.165, 1.54) is 15.3 Å². The average molecular weight is 480 g/mol. The second kappa shape index (κ2) is 9.18. The lowest BCUT2D eigenvalue weighted by molar-refractivity contribution is -0.385. The summed E-state index contributed by atoms with van der Waals surface area (Å²) in [6.45, 7) is 0.213. The Labute approximate surface area is 185 Å². The third-order valence-electron chi connectivity index (χ3n) is 4.89. The minimum atomic E-state index is -3.77. The monoisotopic (exact) mass is 479 g/mol. The molecule has 3 rings (SSSR count). The molecule has 2 aromatic carbocycles. The van der Waals surface area contributed by atoms with E-state index in [0.29, 0.717) is 0 Å². The highest BCUT2D eigenvalue weighted by Crippen LogP contribution is 2.23. The van der Waals surface area contributed by atoms with Crippen LogP contribution in [-0.2, 0) is 19.9 Å². The lowest BCUT2D eigenvalue weighted by Gasteiger charge is -2.33. The molecule has 0 radical (unpaired) electrons. The number of nitro groups is 1. The van der Waals surface area contributed by atoms with Gasteiger partial charge in [0.15, 0.2) is 9.84 Å². The zero-order valence-electron chi connectivity index (χ0n) is 17.1. The van der Waals surface area contributed by atoms with Gasteiger partial charge >= 0.3 is 0 Å². The number of sulfonamides is 1. The van der Waals surface area contributed by atoms with Crippen LogP contribution in [0.4, 0.5) is 5.69 Å². The van der Waals surface area contributed by atoms with Gasteiger partial charge in [-0.1, -0.05) is 30.3 Å². The van der Waals surface area contributed by atoms with E-state index in [9.17, 15) is 31.7 Å². The first-order valence-corrected chi connectivity index (χ1v) is 12.9. The number of non-ortho nitro benzene ring substituents is 1. The Morgan fingerprint density at radius 1 is 1.00 bits per heavy atom. The van der Waals surface area contributed by atoms with E-state index in [0.717, 1.165) is 35.4 Å². The molecule has 12 heteroatoms. The van der Waals surface area contributed by atoms with E-state index in [4.69, 9.17) is 0 Å². The minimum Gasteiger partial charge on any atom is -0.336 e. The number of nitro benzene ring substituents is 1. The Morgan fingerprint density at radius 2 is 1.62 bits per heavy atom. The summed E-state index contributed by atoms with van der Waals surface area (Å²) in [4.78, 5) is 24.2. The normalized spacial score (nSPS) is 15.7. The molecule has 10 nitrogen and oxygen atoms in total. The fourth-order valence-corrected chi connectivity index (χ4v) is 5.02. The molecule has 0 saturated carbocycles. The van der Waals surface area contributed by atoms with Crippen molar-refractivity contribution in [2.24, 2.45) is 0 Å². The topological polar surface area (TPSA) is 135 Å². The van der Waals surface area contributed by atoms with E-state index < -0.39 is 36.4 Å². The molecule has 1 saturated heterocycles. The molecular weight excluding hydrogens is 458 g/mol. The molecular formula is C20H21N3O7S2. The van der Waals surface area contributed by atoms with Crippen molar-refractivity contribution in [1.82, 2.24) is 9.21 Å². The fourth-order valence-electron chi connectivity index (χ4n) is 3.17. The second-order valence-corrected chi connectivity index (χ2v) is 11.0. The van der Waals surface area contributed by atoms with Crippen molar-refractivity contribution < 1.29 is 26.6 Å². The van der Waals surface area contributed by atoms with Crippen LogP contribution in [0.2, 0.25) is 0 Å². The summed E-state index contributed by atoms with van der Waals surface area (Å²) < 4.78 is 50.1. The predicted octanol–water partition coefficient (Wildman–Crippen LogP) is 1.76. The number of hydrogen-bond donors (Lipinski definition) is 0. The smallest absolute Gasteiger partial charge is 0.271 e. The molecule has 0 unspecified atom stereocenters. The molecule has 32 heavy (non-hydrogen) atoms. The number of rotatable bonds is 6. The SMILES string of the molecule is CS(=O)(=O)c1cc(C(=O)N2CCN(S(=O)(=O)/C=C/c3ccccc3)CC2)cc([N+](=O)[O-])c1. The lowest BCUT2D eigenvalue weighted by atomic mass is 10.1. The summed E-state index contributed by atoms with van der Waals surface area (Å²) in [5, 5.41) is 12.3. The summed E-state index contributed by atoms with van der Waals surface area (Å²) in [7, 11) is -7.47. The van der Waals surface area contributed by atoms with Gasteiger partial charge in [-0.05, 0) is 17.7 Å². The third-order valence-corrected chi connectivity index (χ3v) is 7.55. The molecule has 1 fully saturated rings. The second-order valence-electron chi connectivity index (χ2n) is 7.19. The Kier molecular flexibility index (Phi) is 6.77. The van der Waals surface area contributed by atoms with Crippen molar-refractivity contribution in [3.05, 3.63) is 75.2 Å². The highest BCUT2D eigenvalue weighted by molar-refractivity contribution is 7.92. The van der Waals surface area contributed by atoms with E-state index >= 15 is 0 Å². The van der Waals surface area contributed by atoms with Crippen LogP contribution in [-0.4, -0.2) is 69.3 Å².